The summed E-state index contributed by atoms with van der Waals surface area (Å²) in [4.78, 5) is 46.0. The lowest BCUT2D eigenvalue weighted by molar-refractivity contribution is 0.0698. The quantitative estimate of drug-likeness (QED) is 0.701. The van der Waals surface area contributed by atoms with Crippen molar-refractivity contribution in [2.24, 2.45) is 0 Å². The number of aromatic nitrogens is 2. The lowest BCUT2D eigenvalue weighted by Gasteiger charge is -2.32. The molecule has 0 aliphatic carbocycles. The zero-order chi connectivity index (χ0) is 20.9. The van der Waals surface area contributed by atoms with E-state index in [2.05, 4.69) is 15.3 Å². The summed E-state index contributed by atoms with van der Waals surface area (Å²) in [5.41, 5.74) is 1.83. The Balaban J connectivity index is 1.36. The summed E-state index contributed by atoms with van der Waals surface area (Å²) in [5.74, 6) is -0.426. The largest absolute Gasteiger partial charge is 0.349 e. The molecule has 2 amide bonds. The van der Waals surface area contributed by atoms with Gasteiger partial charge in [0.1, 0.15) is 5.56 Å². The molecule has 3 aromatic rings. The maximum absolute atomic E-state index is 12.6. The second-order valence-electron chi connectivity index (χ2n) is 7.26. The van der Waals surface area contributed by atoms with Crippen molar-refractivity contribution in [1.29, 1.82) is 0 Å². The number of piperidine rings is 1. The molecule has 0 spiro atoms. The second-order valence-corrected chi connectivity index (χ2v) is 7.26. The Bertz CT molecular complexity index is 1090. The van der Waals surface area contributed by atoms with Crippen LogP contribution in [0.25, 0.3) is 11.3 Å². The molecule has 4 rings (SSSR count). The topological polar surface area (TPSA) is 95.2 Å². The minimum atomic E-state index is -0.417. The van der Waals surface area contributed by atoms with Crippen LogP contribution in [0, 0.1) is 0 Å². The van der Waals surface area contributed by atoms with Crippen molar-refractivity contribution in [1.82, 2.24) is 20.2 Å². The Morgan fingerprint density at radius 1 is 0.967 bits per heavy atom. The summed E-state index contributed by atoms with van der Waals surface area (Å²) < 4.78 is 0. The Morgan fingerprint density at radius 3 is 2.33 bits per heavy atom. The van der Waals surface area contributed by atoms with Gasteiger partial charge in [0.2, 0.25) is 0 Å². The van der Waals surface area contributed by atoms with E-state index in [0.29, 0.717) is 37.2 Å². The lowest BCUT2D eigenvalue weighted by Crippen LogP contribution is -2.47. The maximum Gasteiger partial charge on any atom is 0.261 e. The van der Waals surface area contributed by atoms with E-state index in [0.717, 1.165) is 5.56 Å². The third-order valence-corrected chi connectivity index (χ3v) is 5.28. The molecule has 7 heteroatoms. The van der Waals surface area contributed by atoms with Crippen LogP contribution >= 0.6 is 0 Å². The van der Waals surface area contributed by atoms with Crippen molar-refractivity contribution in [3.8, 4) is 11.3 Å². The summed E-state index contributed by atoms with van der Waals surface area (Å²) in [6.45, 7) is 1.10. The minimum Gasteiger partial charge on any atom is -0.349 e. The number of aromatic amines is 1. The van der Waals surface area contributed by atoms with Crippen molar-refractivity contribution in [2.75, 3.05) is 13.1 Å². The summed E-state index contributed by atoms with van der Waals surface area (Å²) in [6.07, 6.45) is 4.48. The zero-order valence-electron chi connectivity index (χ0n) is 16.4. The molecule has 0 radical (unpaired) electrons. The monoisotopic (exact) mass is 402 g/mol. The molecular formula is C23H22N4O3. The third kappa shape index (κ3) is 4.30. The van der Waals surface area contributed by atoms with Crippen LogP contribution in [0.4, 0.5) is 0 Å². The van der Waals surface area contributed by atoms with Crippen molar-refractivity contribution in [3.63, 3.8) is 0 Å². The highest BCUT2D eigenvalue weighted by atomic mass is 16.2. The SMILES string of the molecule is O=C(NC1CCN(C(=O)c2ccncc2)CC1)c1ccc(-c2ccccc2)[nH]c1=O. The van der Waals surface area contributed by atoms with E-state index in [-0.39, 0.29) is 17.5 Å². The third-order valence-electron chi connectivity index (χ3n) is 5.28. The number of amides is 2. The van der Waals surface area contributed by atoms with Crippen molar-refractivity contribution in [2.45, 2.75) is 18.9 Å². The first kappa shape index (κ1) is 19.6. The molecule has 2 aromatic heterocycles. The van der Waals surface area contributed by atoms with Gasteiger partial charge in [-0.1, -0.05) is 30.3 Å². The van der Waals surface area contributed by atoms with Gasteiger partial charge in [-0.15, -0.1) is 0 Å². The summed E-state index contributed by atoms with van der Waals surface area (Å²) >= 11 is 0. The molecule has 152 valence electrons. The van der Waals surface area contributed by atoms with E-state index in [9.17, 15) is 14.4 Å². The van der Waals surface area contributed by atoms with Crippen molar-refractivity contribution < 1.29 is 9.59 Å². The van der Waals surface area contributed by atoms with Gasteiger partial charge in [0, 0.05) is 42.8 Å². The molecule has 0 atom stereocenters. The summed E-state index contributed by atoms with van der Waals surface area (Å²) in [5, 5.41) is 2.93. The number of rotatable bonds is 4. The van der Waals surface area contributed by atoms with Gasteiger partial charge in [0.25, 0.3) is 17.4 Å². The maximum atomic E-state index is 12.6. The molecule has 7 nitrogen and oxygen atoms in total. The Kier molecular flexibility index (Phi) is 5.70. The number of H-pyrrole nitrogens is 1. The van der Waals surface area contributed by atoms with E-state index in [1.54, 1.807) is 41.6 Å². The number of carbonyl (C=O) groups excluding carboxylic acids is 2. The highest BCUT2D eigenvalue weighted by Crippen LogP contribution is 2.16. The normalized spacial score (nSPS) is 14.3. The van der Waals surface area contributed by atoms with Crippen LogP contribution in [0.2, 0.25) is 0 Å². The fourth-order valence-electron chi connectivity index (χ4n) is 3.61. The van der Waals surface area contributed by atoms with Crippen molar-refractivity contribution >= 4 is 11.8 Å². The van der Waals surface area contributed by atoms with Gasteiger partial charge in [0.05, 0.1) is 0 Å². The predicted molar refractivity (Wildman–Crippen MR) is 113 cm³/mol. The van der Waals surface area contributed by atoms with Crippen LogP contribution in [0.5, 0.6) is 0 Å². The first-order valence-corrected chi connectivity index (χ1v) is 9.91. The van der Waals surface area contributed by atoms with Crippen LogP contribution in [0.1, 0.15) is 33.6 Å². The molecule has 1 saturated heterocycles. The number of carbonyl (C=O) groups is 2. The zero-order valence-corrected chi connectivity index (χ0v) is 16.4. The van der Waals surface area contributed by atoms with Gasteiger partial charge in [-0.25, -0.2) is 0 Å². The molecule has 30 heavy (non-hydrogen) atoms. The van der Waals surface area contributed by atoms with Gasteiger partial charge in [0.15, 0.2) is 0 Å². The molecule has 1 fully saturated rings. The molecule has 0 bridgehead atoms. The molecule has 1 aromatic carbocycles. The van der Waals surface area contributed by atoms with E-state index in [1.807, 2.05) is 30.3 Å². The fraction of sp³-hybridized carbons (Fsp3) is 0.217. The molecule has 1 aliphatic heterocycles. The van der Waals surface area contributed by atoms with Gasteiger partial charge >= 0.3 is 0 Å². The van der Waals surface area contributed by atoms with E-state index >= 15 is 0 Å². The highest BCUT2D eigenvalue weighted by Gasteiger charge is 2.25. The molecule has 0 saturated carbocycles. The first-order chi connectivity index (χ1) is 14.6. The van der Waals surface area contributed by atoms with E-state index < -0.39 is 11.5 Å². The highest BCUT2D eigenvalue weighted by molar-refractivity contribution is 5.95. The van der Waals surface area contributed by atoms with Crippen LogP contribution in [0.3, 0.4) is 0 Å². The Labute approximate surface area is 173 Å². The van der Waals surface area contributed by atoms with Gasteiger partial charge < -0.3 is 15.2 Å². The summed E-state index contributed by atoms with van der Waals surface area (Å²) in [6, 6.07) is 16.1. The Hall–Kier alpha value is -3.74. The summed E-state index contributed by atoms with van der Waals surface area (Å²) in [7, 11) is 0. The number of nitrogens with one attached hydrogen (secondary N) is 2. The van der Waals surface area contributed by atoms with Crippen LogP contribution in [0.15, 0.2) is 71.8 Å². The van der Waals surface area contributed by atoms with Crippen molar-refractivity contribution in [3.05, 3.63) is 88.5 Å². The number of benzene rings is 1. The van der Waals surface area contributed by atoms with Crippen LogP contribution in [-0.4, -0.2) is 45.8 Å². The van der Waals surface area contributed by atoms with Gasteiger partial charge in [-0.3, -0.25) is 19.4 Å². The number of hydrogen-bond donors (Lipinski definition) is 2. The number of hydrogen-bond acceptors (Lipinski definition) is 4. The molecule has 0 unspecified atom stereocenters. The minimum absolute atomic E-state index is 0.0323. The van der Waals surface area contributed by atoms with Crippen LogP contribution in [-0.2, 0) is 0 Å². The number of pyridine rings is 2. The number of likely N-dealkylation sites (tertiary alicyclic amines) is 1. The van der Waals surface area contributed by atoms with E-state index in [1.165, 1.54) is 0 Å². The average molecular weight is 402 g/mol. The van der Waals surface area contributed by atoms with E-state index in [4.69, 9.17) is 0 Å². The predicted octanol–water partition coefficient (Wildman–Crippen LogP) is 2.47. The molecule has 3 heterocycles. The smallest absolute Gasteiger partial charge is 0.261 e. The Morgan fingerprint density at radius 2 is 1.67 bits per heavy atom. The average Bonchev–Trinajstić information content (AvgIpc) is 2.80. The standard InChI is InChI=1S/C23H22N4O3/c28-21(19-6-7-20(26-22(19)29)16-4-2-1-3-5-16)25-18-10-14-27(15-11-18)23(30)17-8-12-24-13-9-17/h1-9,12-13,18H,10-11,14-15H2,(H,25,28)(H,26,29). The van der Waals surface area contributed by atoms with Gasteiger partial charge in [-0.05, 0) is 42.7 Å². The lowest BCUT2D eigenvalue weighted by atomic mass is 10.0. The van der Waals surface area contributed by atoms with Crippen LogP contribution < -0.4 is 10.9 Å². The number of nitrogens with zero attached hydrogens (tertiary/aromatic N) is 2. The molecular weight excluding hydrogens is 380 g/mol. The molecule has 2 N–H and O–H groups in total. The van der Waals surface area contributed by atoms with Gasteiger partial charge in [-0.2, -0.15) is 0 Å². The second kappa shape index (κ2) is 8.73. The molecule has 1 aliphatic rings. The fourth-order valence-corrected chi connectivity index (χ4v) is 3.61. The first-order valence-electron chi connectivity index (χ1n) is 9.91.